The molecule has 0 aliphatic carbocycles. The van der Waals surface area contributed by atoms with E-state index in [0.717, 1.165) is 22.4 Å². The molecule has 0 heterocycles. The summed E-state index contributed by atoms with van der Waals surface area (Å²) in [6.07, 6.45) is 0. The Hall–Kier alpha value is -3.32. The van der Waals surface area contributed by atoms with Gasteiger partial charge in [0.05, 0.1) is 11.4 Å². The van der Waals surface area contributed by atoms with Crippen LogP contribution in [-0.2, 0) is 10.0 Å². The lowest BCUT2D eigenvalue weighted by molar-refractivity contribution is 0.0946. The average molecular weight is 453 g/mol. The van der Waals surface area contributed by atoms with E-state index in [1.165, 1.54) is 6.07 Å². The van der Waals surface area contributed by atoms with Crippen molar-refractivity contribution in [3.05, 3.63) is 88.5 Å². The lowest BCUT2D eigenvalue weighted by Crippen LogP contribution is -2.28. The molecule has 32 heavy (non-hydrogen) atoms. The second-order valence-corrected chi connectivity index (χ2v) is 9.48. The van der Waals surface area contributed by atoms with E-state index in [2.05, 4.69) is 10.0 Å². The second kappa shape index (κ2) is 9.87. The van der Waals surface area contributed by atoms with Crippen molar-refractivity contribution in [2.24, 2.45) is 0 Å². The standard InChI is InChI=1S/C25H28N2O4S/c1-17-5-10-22(11-6-17)27-32(29,30)24-16-21(9-8-19(24)3)25(28)26-13-14-31-23-12-7-18(2)15-20(23)4/h5-12,15-16,27H,13-14H2,1-4H3,(H,26,28). The number of carbonyl (C=O) groups is 1. The monoisotopic (exact) mass is 452 g/mol. The van der Waals surface area contributed by atoms with Crippen LogP contribution in [0.1, 0.15) is 32.6 Å². The zero-order valence-corrected chi connectivity index (χ0v) is 19.5. The van der Waals surface area contributed by atoms with Crippen LogP contribution in [0, 0.1) is 27.7 Å². The quantitative estimate of drug-likeness (QED) is 0.492. The first kappa shape index (κ1) is 23.3. The number of aryl methyl sites for hydroxylation is 4. The summed E-state index contributed by atoms with van der Waals surface area (Å²) in [6.45, 7) is 8.22. The molecular weight excluding hydrogens is 424 g/mol. The molecule has 3 aromatic carbocycles. The second-order valence-electron chi connectivity index (χ2n) is 7.83. The van der Waals surface area contributed by atoms with Gasteiger partial charge in [0.25, 0.3) is 15.9 Å². The van der Waals surface area contributed by atoms with Gasteiger partial charge in [0.2, 0.25) is 0 Å². The first-order valence-electron chi connectivity index (χ1n) is 10.3. The minimum absolute atomic E-state index is 0.0669. The lowest BCUT2D eigenvalue weighted by Gasteiger charge is -2.13. The van der Waals surface area contributed by atoms with Gasteiger partial charge in [-0.15, -0.1) is 0 Å². The Balaban J connectivity index is 1.64. The highest BCUT2D eigenvalue weighted by atomic mass is 32.2. The van der Waals surface area contributed by atoms with Crippen molar-refractivity contribution in [2.75, 3.05) is 17.9 Å². The maximum atomic E-state index is 12.9. The van der Waals surface area contributed by atoms with Gasteiger partial charge in [-0.05, 0) is 69.2 Å². The number of nitrogens with one attached hydrogen (secondary N) is 2. The van der Waals surface area contributed by atoms with Crippen LogP contribution in [0.3, 0.4) is 0 Å². The Bertz CT molecular complexity index is 1220. The molecule has 7 heteroatoms. The van der Waals surface area contributed by atoms with E-state index in [1.54, 1.807) is 31.2 Å². The number of ether oxygens (including phenoxy) is 1. The van der Waals surface area contributed by atoms with Crippen LogP contribution < -0.4 is 14.8 Å². The van der Waals surface area contributed by atoms with Gasteiger partial charge in [-0.3, -0.25) is 9.52 Å². The molecule has 0 spiro atoms. The highest BCUT2D eigenvalue weighted by Crippen LogP contribution is 2.21. The summed E-state index contributed by atoms with van der Waals surface area (Å²) in [7, 11) is -3.84. The number of hydrogen-bond acceptors (Lipinski definition) is 4. The highest BCUT2D eigenvalue weighted by molar-refractivity contribution is 7.92. The molecule has 0 aliphatic rings. The van der Waals surface area contributed by atoms with Crippen molar-refractivity contribution in [1.29, 1.82) is 0 Å². The van der Waals surface area contributed by atoms with Crippen molar-refractivity contribution in [1.82, 2.24) is 5.32 Å². The Morgan fingerprint density at radius 1 is 0.844 bits per heavy atom. The molecule has 6 nitrogen and oxygen atoms in total. The molecule has 1 amide bonds. The molecular formula is C25H28N2O4S. The minimum atomic E-state index is -3.84. The van der Waals surface area contributed by atoms with Gasteiger partial charge in [0, 0.05) is 11.3 Å². The van der Waals surface area contributed by atoms with Gasteiger partial charge in [0.1, 0.15) is 12.4 Å². The van der Waals surface area contributed by atoms with Crippen LogP contribution in [-0.4, -0.2) is 27.5 Å². The van der Waals surface area contributed by atoms with Gasteiger partial charge in [0.15, 0.2) is 0 Å². The van der Waals surface area contributed by atoms with E-state index in [1.807, 2.05) is 51.1 Å². The van der Waals surface area contributed by atoms with Crippen LogP contribution in [0.15, 0.2) is 65.6 Å². The number of benzene rings is 3. The maximum absolute atomic E-state index is 12.9. The normalized spacial score (nSPS) is 11.1. The molecule has 0 atom stereocenters. The van der Waals surface area contributed by atoms with Crippen molar-refractivity contribution in [2.45, 2.75) is 32.6 Å². The van der Waals surface area contributed by atoms with Crippen molar-refractivity contribution in [3.8, 4) is 5.75 Å². The van der Waals surface area contributed by atoms with Crippen molar-refractivity contribution >= 4 is 21.6 Å². The van der Waals surface area contributed by atoms with Gasteiger partial charge in [-0.1, -0.05) is 41.5 Å². The Morgan fingerprint density at radius 3 is 2.22 bits per heavy atom. The smallest absolute Gasteiger partial charge is 0.262 e. The first-order chi connectivity index (χ1) is 15.2. The van der Waals surface area contributed by atoms with Crippen LogP contribution >= 0.6 is 0 Å². The van der Waals surface area contributed by atoms with Gasteiger partial charge in [-0.25, -0.2) is 8.42 Å². The van der Waals surface area contributed by atoms with E-state index in [0.29, 0.717) is 24.4 Å². The largest absolute Gasteiger partial charge is 0.491 e. The molecule has 3 aromatic rings. The molecule has 0 fully saturated rings. The Labute approximate surface area is 189 Å². The minimum Gasteiger partial charge on any atom is -0.491 e. The van der Waals surface area contributed by atoms with Crippen LogP contribution in [0.4, 0.5) is 5.69 Å². The molecule has 168 valence electrons. The molecule has 0 unspecified atom stereocenters. The summed E-state index contributed by atoms with van der Waals surface area (Å²) in [6, 6.07) is 17.6. The maximum Gasteiger partial charge on any atom is 0.262 e. The molecule has 3 rings (SSSR count). The number of hydrogen-bond donors (Lipinski definition) is 2. The number of carbonyl (C=O) groups excluding carboxylic acids is 1. The molecule has 0 radical (unpaired) electrons. The van der Waals surface area contributed by atoms with Gasteiger partial charge < -0.3 is 10.1 Å². The topological polar surface area (TPSA) is 84.5 Å². The summed E-state index contributed by atoms with van der Waals surface area (Å²) in [5.41, 5.74) is 4.51. The zero-order chi connectivity index (χ0) is 23.3. The van der Waals surface area contributed by atoms with E-state index >= 15 is 0 Å². The predicted octanol–water partition coefficient (Wildman–Crippen LogP) is 4.53. The third kappa shape index (κ3) is 5.88. The number of amides is 1. The SMILES string of the molecule is Cc1ccc(NS(=O)(=O)c2cc(C(=O)NCCOc3ccc(C)cc3C)ccc2C)cc1. The van der Waals surface area contributed by atoms with Crippen LogP contribution in [0.25, 0.3) is 0 Å². The van der Waals surface area contributed by atoms with E-state index < -0.39 is 10.0 Å². The fourth-order valence-electron chi connectivity index (χ4n) is 3.25. The first-order valence-corrected chi connectivity index (χ1v) is 11.8. The number of anilines is 1. The number of sulfonamides is 1. The molecule has 0 aliphatic heterocycles. The molecule has 0 aromatic heterocycles. The third-order valence-electron chi connectivity index (χ3n) is 5.02. The average Bonchev–Trinajstić information content (AvgIpc) is 2.74. The van der Waals surface area contributed by atoms with Crippen LogP contribution in [0.2, 0.25) is 0 Å². The van der Waals surface area contributed by atoms with Gasteiger partial charge >= 0.3 is 0 Å². The number of rotatable bonds is 8. The van der Waals surface area contributed by atoms with Gasteiger partial charge in [-0.2, -0.15) is 0 Å². The lowest BCUT2D eigenvalue weighted by atomic mass is 10.1. The predicted molar refractivity (Wildman–Crippen MR) is 127 cm³/mol. The fraction of sp³-hybridized carbons (Fsp3) is 0.240. The van der Waals surface area contributed by atoms with E-state index in [9.17, 15) is 13.2 Å². The fourth-order valence-corrected chi connectivity index (χ4v) is 4.58. The summed E-state index contributed by atoms with van der Waals surface area (Å²) in [5.74, 6) is 0.414. The van der Waals surface area contributed by atoms with E-state index in [4.69, 9.17) is 4.74 Å². The third-order valence-corrected chi connectivity index (χ3v) is 6.54. The summed E-state index contributed by atoms with van der Waals surface area (Å²) < 4.78 is 34.1. The zero-order valence-electron chi connectivity index (χ0n) is 18.7. The summed E-state index contributed by atoms with van der Waals surface area (Å²) in [5, 5.41) is 2.77. The van der Waals surface area contributed by atoms with E-state index in [-0.39, 0.29) is 16.4 Å². The van der Waals surface area contributed by atoms with Crippen molar-refractivity contribution < 1.29 is 17.9 Å². The summed E-state index contributed by atoms with van der Waals surface area (Å²) >= 11 is 0. The summed E-state index contributed by atoms with van der Waals surface area (Å²) in [4.78, 5) is 12.6. The van der Waals surface area contributed by atoms with Crippen LogP contribution in [0.5, 0.6) is 5.75 Å². The molecule has 0 saturated carbocycles. The highest BCUT2D eigenvalue weighted by Gasteiger charge is 2.19. The molecule has 0 saturated heterocycles. The molecule has 0 bridgehead atoms. The van der Waals surface area contributed by atoms with Crippen molar-refractivity contribution in [3.63, 3.8) is 0 Å². The molecule has 2 N–H and O–H groups in total. The Morgan fingerprint density at radius 2 is 1.53 bits per heavy atom. The Kier molecular flexibility index (Phi) is 7.20.